The van der Waals surface area contributed by atoms with E-state index in [4.69, 9.17) is 9.47 Å². The number of para-hydroxylation sites is 1. The Morgan fingerprint density at radius 1 is 1.26 bits per heavy atom. The predicted molar refractivity (Wildman–Crippen MR) is 128 cm³/mol. The fourth-order valence-corrected chi connectivity index (χ4v) is 5.50. The summed E-state index contributed by atoms with van der Waals surface area (Å²) in [5, 5.41) is 9.26. The van der Waals surface area contributed by atoms with E-state index in [9.17, 15) is 10.1 Å². The van der Waals surface area contributed by atoms with E-state index in [1.807, 2.05) is 62.6 Å². The fourth-order valence-electron chi connectivity index (χ4n) is 5.50. The van der Waals surface area contributed by atoms with Crippen molar-refractivity contribution in [1.82, 2.24) is 14.5 Å². The molecule has 7 nitrogen and oxygen atoms in total. The van der Waals surface area contributed by atoms with Crippen molar-refractivity contribution in [2.24, 2.45) is 5.92 Å². The average molecular weight is 459 g/mol. The number of imidazole rings is 1. The van der Waals surface area contributed by atoms with Crippen LogP contribution in [0.15, 0.2) is 54.9 Å². The van der Waals surface area contributed by atoms with Crippen molar-refractivity contribution in [2.45, 2.75) is 57.3 Å². The Kier molecular flexibility index (Phi) is 5.68. The number of amides is 1. The van der Waals surface area contributed by atoms with Crippen LogP contribution >= 0.6 is 0 Å². The molecule has 1 saturated carbocycles. The summed E-state index contributed by atoms with van der Waals surface area (Å²) in [6.07, 6.45) is 5.41. The Labute approximate surface area is 199 Å². The van der Waals surface area contributed by atoms with Crippen LogP contribution in [0, 0.1) is 17.2 Å². The number of carbonyl (C=O) groups is 1. The van der Waals surface area contributed by atoms with Gasteiger partial charge in [-0.3, -0.25) is 0 Å². The molecule has 2 aliphatic rings. The number of nitrogens with zero attached hydrogens (tertiary/aromatic N) is 4. The van der Waals surface area contributed by atoms with Gasteiger partial charge in [-0.1, -0.05) is 18.2 Å². The second kappa shape index (κ2) is 8.68. The van der Waals surface area contributed by atoms with Crippen LogP contribution in [0.25, 0.3) is 11.0 Å². The number of fused-ring (bicyclic) bond motifs is 1. The lowest BCUT2D eigenvalue weighted by atomic mass is 9.78. The van der Waals surface area contributed by atoms with Gasteiger partial charge in [-0.25, -0.2) is 9.78 Å². The molecular formula is C27H30N4O3. The Hall–Kier alpha value is -3.53. The Bertz CT molecular complexity index is 1230. The smallest absolute Gasteiger partial charge is 0.410 e. The fraction of sp³-hybridized carbons (Fsp3) is 0.444. The lowest BCUT2D eigenvalue weighted by molar-refractivity contribution is 0.00402. The number of nitriles is 1. The minimum absolute atomic E-state index is 0.253. The second-order valence-corrected chi connectivity index (χ2v) is 10.3. The van der Waals surface area contributed by atoms with Gasteiger partial charge >= 0.3 is 6.09 Å². The van der Waals surface area contributed by atoms with Crippen molar-refractivity contribution in [2.75, 3.05) is 13.1 Å². The molecule has 176 valence electrons. The number of rotatable bonds is 6. The van der Waals surface area contributed by atoms with Gasteiger partial charge in [0.05, 0.1) is 42.1 Å². The molecule has 7 heteroatoms. The summed E-state index contributed by atoms with van der Waals surface area (Å²) in [6.45, 7) is 5.86. The molecule has 0 radical (unpaired) electrons. The van der Waals surface area contributed by atoms with E-state index in [-0.39, 0.29) is 6.09 Å². The van der Waals surface area contributed by atoms with E-state index in [1.165, 1.54) is 0 Å². The van der Waals surface area contributed by atoms with E-state index >= 15 is 0 Å². The molecule has 1 spiro atoms. The van der Waals surface area contributed by atoms with Crippen LogP contribution in [0.1, 0.15) is 45.1 Å². The molecule has 1 saturated heterocycles. The monoisotopic (exact) mass is 458 g/mol. The number of ether oxygens (including phenoxy) is 2. The summed E-state index contributed by atoms with van der Waals surface area (Å²) in [5.41, 5.74) is 1.52. The molecule has 1 amide bonds. The summed E-state index contributed by atoms with van der Waals surface area (Å²) in [5.74, 6) is 1.16. The summed E-state index contributed by atoms with van der Waals surface area (Å²) >= 11 is 0. The Balaban J connectivity index is 1.26. The highest BCUT2D eigenvalue weighted by Gasteiger charge is 2.49. The van der Waals surface area contributed by atoms with Gasteiger partial charge in [0, 0.05) is 6.54 Å². The third-order valence-corrected chi connectivity index (χ3v) is 6.86. The Morgan fingerprint density at radius 3 is 2.88 bits per heavy atom. The van der Waals surface area contributed by atoms with Crippen molar-refractivity contribution in [1.29, 1.82) is 5.26 Å². The van der Waals surface area contributed by atoms with Gasteiger partial charge in [0.25, 0.3) is 0 Å². The van der Waals surface area contributed by atoms with Crippen LogP contribution in [-0.4, -0.2) is 44.8 Å². The standard InChI is InChI=1S/C27H30N4O3/c1-26(2,33-22-8-4-3-5-9-22)17-31-18-27(34-25(31)32)12-6-7-21(14-27)16-30-19-29-23-11-10-20(15-28)13-24(23)30/h3-5,8-11,13,19,21H,6-7,12,14,16-18H2,1-2H3/t21-,27-/m0/s1. The molecular weight excluding hydrogens is 428 g/mol. The first-order valence-corrected chi connectivity index (χ1v) is 11.9. The van der Waals surface area contributed by atoms with E-state index in [0.717, 1.165) is 49.0 Å². The molecule has 0 unspecified atom stereocenters. The van der Waals surface area contributed by atoms with Crippen LogP contribution < -0.4 is 4.74 Å². The van der Waals surface area contributed by atoms with Crippen LogP contribution in [-0.2, 0) is 11.3 Å². The molecule has 2 heterocycles. The van der Waals surface area contributed by atoms with Crippen LogP contribution in [0.3, 0.4) is 0 Å². The van der Waals surface area contributed by atoms with Crippen LogP contribution in [0.2, 0.25) is 0 Å². The SMILES string of the molecule is CC(C)(CN1C[C@@]2(CCC[C@H](Cn3cnc4ccc(C#N)cc43)C2)OC1=O)Oc1ccccc1. The highest BCUT2D eigenvalue weighted by Crippen LogP contribution is 2.41. The zero-order valence-electron chi connectivity index (χ0n) is 19.7. The Morgan fingerprint density at radius 2 is 2.09 bits per heavy atom. The number of aromatic nitrogens is 2. The van der Waals surface area contributed by atoms with Gasteiger partial charge in [0.2, 0.25) is 0 Å². The van der Waals surface area contributed by atoms with Gasteiger partial charge in [-0.2, -0.15) is 5.26 Å². The summed E-state index contributed by atoms with van der Waals surface area (Å²) in [6, 6.07) is 17.5. The molecule has 2 fully saturated rings. The third kappa shape index (κ3) is 4.58. The number of hydrogen-bond acceptors (Lipinski definition) is 5. The molecule has 2 atom stereocenters. The summed E-state index contributed by atoms with van der Waals surface area (Å²) in [7, 11) is 0. The molecule has 1 aliphatic heterocycles. The maximum Gasteiger partial charge on any atom is 0.410 e. The van der Waals surface area contributed by atoms with E-state index in [2.05, 4.69) is 15.6 Å². The second-order valence-electron chi connectivity index (χ2n) is 10.3. The molecule has 1 aliphatic carbocycles. The van der Waals surface area contributed by atoms with Crippen molar-refractivity contribution < 1.29 is 14.3 Å². The van der Waals surface area contributed by atoms with Gasteiger partial charge in [0.15, 0.2) is 0 Å². The summed E-state index contributed by atoms with van der Waals surface area (Å²) < 4.78 is 14.3. The molecule has 3 aromatic rings. The lowest BCUT2D eigenvalue weighted by Gasteiger charge is -2.36. The molecule has 5 rings (SSSR count). The zero-order chi connectivity index (χ0) is 23.8. The lowest BCUT2D eigenvalue weighted by Crippen LogP contribution is -2.45. The van der Waals surface area contributed by atoms with Crippen molar-refractivity contribution in [3.05, 3.63) is 60.4 Å². The van der Waals surface area contributed by atoms with Crippen molar-refractivity contribution in [3.63, 3.8) is 0 Å². The van der Waals surface area contributed by atoms with Gasteiger partial charge in [-0.15, -0.1) is 0 Å². The van der Waals surface area contributed by atoms with Gasteiger partial charge < -0.3 is 18.9 Å². The molecule has 1 aromatic heterocycles. The topological polar surface area (TPSA) is 80.4 Å². The summed E-state index contributed by atoms with van der Waals surface area (Å²) in [4.78, 5) is 19.1. The first kappa shape index (κ1) is 22.3. The van der Waals surface area contributed by atoms with Gasteiger partial charge in [0.1, 0.15) is 17.0 Å². The quantitative estimate of drug-likeness (QED) is 0.511. The number of hydrogen-bond donors (Lipinski definition) is 0. The maximum atomic E-state index is 12.8. The maximum absolute atomic E-state index is 12.8. The first-order chi connectivity index (χ1) is 16.3. The molecule has 0 N–H and O–H groups in total. The largest absolute Gasteiger partial charge is 0.486 e. The first-order valence-electron chi connectivity index (χ1n) is 11.9. The normalized spacial score (nSPS) is 22.7. The third-order valence-electron chi connectivity index (χ3n) is 6.86. The molecule has 0 bridgehead atoms. The van der Waals surface area contributed by atoms with E-state index < -0.39 is 11.2 Å². The van der Waals surface area contributed by atoms with Crippen LogP contribution in [0.4, 0.5) is 4.79 Å². The minimum atomic E-state index is -0.534. The predicted octanol–water partition coefficient (Wildman–Crippen LogP) is 5.15. The van der Waals surface area contributed by atoms with E-state index in [0.29, 0.717) is 24.6 Å². The number of carbonyl (C=O) groups excluding carboxylic acids is 1. The van der Waals surface area contributed by atoms with Gasteiger partial charge in [-0.05, 0) is 75.8 Å². The molecule has 34 heavy (non-hydrogen) atoms. The zero-order valence-corrected chi connectivity index (χ0v) is 19.7. The van der Waals surface area contributed by atoms with Crippen molar-refractivity contribution >= 4 is 17.1 Å². The van der Waals surface area contributed by atoms with Crippen LogP contribution in [0.5, 0.6) is 5.75 Å². The number of benzene rings is 2. The average Bonchev–Trinajstić information content (AvgIpc) is 3.33. The molecule has 2 aromatic carbocycles. The minimum Gasteiger partial charge on any atom is -0.486 e. The highest BCUT2D eigenvalue weighted by atomic mass is 16.6. The van der Waals surface area contributed by atoms with E-state index in [1.54, 1.807) is 11.0 Å². The highest BCUT2D eigenvalue weighted by molar-refractivity contribution is 5.77. The van der Waals surface area contributed by atoms with Crippen molar-refractivity contribution in [3.8, 4) is 11.8 Å².